The predicted molar refractivity (Wildman–Crippen MR) is 106 cm³/mol. The van der Waals surface area contributed by atoms with Crippen LogP contribution >= 0.6 is 11.3 Å². The van der Waals surface area contributed by atoms with Gasteiger partial charge in [-0.25, -0.2) is 0 Å². The SMILES string of the molecule is Cn1cccc1C(=O)NC(=O)CN1CCc2sccc2C1c1ccccc1. The summed E-state index contributed by atoms with van der Waals surface area (Å²) in [6, 6.07) is 15.9. The van der Waals surface area contributed by atoms with Crippen molar-refractivity contribution in [3.05, 3.63) is 81.8 Å². The van der Waals surface area contributed by atoms with E-state index in [1.807, 2.05) is 18.2 Å². The second-order valence-electron chi connectivity index (χ2n) is 6.71. The maximum absolute atomic E-state index is 12.6. The molecule has 3 aromatic rings. The van der Waals surface area contributed by atoms with Crippen LogP contribution in [0.5, 0.6) is 0 Å². The van der Waals surface area contributed by atoms with Gasteiger partial charge in [0.05, 0.1) is 12.6 Å². The first kappa shape index (κ1) is 17.7. The van der Waals surface area contributed by atoms with Crippen molar-refractivity contribution in [2.24, 2.45) is 7.05 Å². The molecule has 0 spiro atoms. The minimum atomic E-state index is -0.364. The van der Waals surface area contributed by atoms with E-state index < -0.39 is 0 Å². The topological polar surface area (TPSA) is 54.3 Å². The van der Waals surface area contributed by atoms with E-state index in [1.54, 1.807) is 41.3 Å². The summed E-state index contributed by atoms with van der Waals surface area (Å²) in [7, 11) is 1.79. The van der Waals surface area contributed by atoms with Gasteiger partial charge >= 0.3 is 0 Å². The molecular formula is C21H21N3O2S. The largest absolute Gasteiger partial charge is 0.347 e. The standard InChI is InChI=1S/C21H21N3O2S/c1-23-11-5-8-17(23)21(26)22-19(25)14-24-12-9-18-16(10-13-27-18)20(24)15-6-3-2-4-7-15/h2-8,10-11,13,20H,9,12,14H2,1H3,(H,22,25,26). The monoisotopic (exact) mass is 379 g/mol. The summed E-state index contributed by atoms with van der Waals surface area (Å²) < 4.78 is 1.70. The number of rotatable bonds is 4. The Morgan fingerprint density at radius 2 is 1.96 bits per heavy atom. The highest BCUT2D eigenvalue weighted by molar-refractivity contribution is 7.10. The van der Waals surface area contributed by atoms with Crippen molar-refractivity contribution in [3.63, 3.8) is 0 Å². The quantitative estimate of drug-likeness (QED) is 0.758. The number of hydrogen-bond acceptors (Lipinski definition) is 4. The third-order valence-electron chi connectivity index (χ3n) is 4.96. The van der Waals surface area contributed by atoms with E-state index in [4.69, 9.17) is 0 Å². The van der Waals surface area contributed by atoms with Crippen molar-refractivity contribution in [1.82, 2.24) is 14.8 Å². The van der Waals surface area contributed by atoms with E-state index in [9.17, 15) is 9.59 Å². The zero-order chi connectivity index (χ0) is 18.8. The first-order valence-corrected chi connectivity index (χ1v) is 9.82. The highest BCUT2D eigenvalue weighted by Gasteiger charge is 2.31. The number of aryl methyl sites for hydroxylation is 1. The molecular weight excluding hydrogens is 358 g/mol. The molecule has 0 saturated heterocycles. The Hall–Kier alpha value is -2.70. The molecule has 1 atom stereocenters. The fraction of sp³-hybridized carbons (Fsp3) is 0.238. The van der Waals surface area contributed by atoms with Crippen LogP contribution in [0.1, 0.15) is 32.5 Å². The minimum absolute atomic E-state index is 0.0390. The number of amides is 2. The van der Waals surface area contributed by atoms with Gasteiger partial charge in [0, 0.05) is 24.7 Å². The molecule has 1 N–H and O–H groups in total. The number of fused-ring (bicyclic) bond motifs is 1. The van der Waals surface area contributed by atoms with E-state index in [1.165, 1.54) is 16.0 Å². The Morgan fingerprint density at radius 3 is 2.70 bits per heavy atom. The Morgan fingerprint density at radius 1 is 1.15 bits per heavy atom. The van der Waals surface area contributed by atoms with Gasteiger partial charge in [-0.1, -0.05) is 30.3 Å². The smallest absolute Gasteiger partial charge is 0.274 e. The van der Waals surface area contributed by atoms with Gasteiger partial charge in [-0.15, -0.1) is 11.3 Å². The normalized spacial score (nSPS) is 16.7. The summed E-state index contributed by atoms with van der Waals surface area (Å²) in [6.07, 6.45) is 2.71. The second kappa shape index (κ2) is 7.50. The number of aromatic nitrogens is 1. The molecule has 0 aliphatic carbocycles. The van der Waals surface area contributed by atoms with Crippen molar-refractivity contribution in [2.75, 3.05) is 13.1 Å². The molecule has 3 heterocycles. The Labute approximate surface area is 162 Å². The lowest BCUT2D eigenvalue weighted by Gasteiger charge is -2.35. The highest BCUT2D eigenvalue weighted by Crippen LogP contribution is 2.37. The molecule has 0 radical (unpaired) electrons. The number of carbonyl (C=O) groups excluding carboxylic acids is 2. The van der Waals surface area contributed by atoms with Crippen LogP contribution in [0.4, 0.5) is 0 Å². The zero-order valence-electron chi connectivity index (χ0n) is 15.1. The first-order chi connectivity index (χ1) is 13.1. The van der Waals surface area contributed by atoms with Crippen LogP contribution in [-0.4, -0.2) is 34.4 Å². The van der Waals surface area contributed by atoms with E-state index in [0.717, 1.165) is 13.0 Å². The number of hydrogen-bond donors (Lipinski definition) is 1. The molecule has 1 aromatic carbocycles. The van der Waals surface area contributed by atoms with Crippen LogP contribution in [0.2, 0.25) is 0 Å². The summed E-state index contributed by atoms with van der Waals surface area (Å²) in [4.78, 5) is 28.4. The number of carbonyl (C=O) groups is 2. The highest BCUT2D eigenvalue weighted by atomic mass is 32.1. The summed E-state index contributed by atoms with van der Waals surface area (Å²) in [5.74, 6) is -0.641. The molecule has 0 saturated carbocycles. The number of nitrogens with zero attached hydrogens (tertiary/aromatic N) is 2. The van der Waals surface area contributed by atoms with Crippen molar-refractivity contribution in [2.45, 2.75) is 12.5 Å². The van der Waals surface area contributed by atoms with Gasteiger partial charge in [0.1, 0.15) is 5.69 Å². The van der Waals surface area contributed by atoms with E-state index >= 15 is 0 Å². The van der Waals surface area contributed by atoms with Crippen LogP contribution < -0.4 is 5.32 Å². The fourth-order valence-corrected chi connectivity index (χ4v) is 4.58. The molecule has 5 nitrogen and oxygen atoms in total. The van der Waals surface area contributed by atoms with Crippen molar-refractivity contribution < 1.29 is 9.59 Å². The number of nitrogens with one attached hydrogen (secondary N) is 1. The predicted octanol–water partition coefficient (Wildman–Crippen LogP) is 2.99. The van der Waals surface area contributed by atoms with Gasteiger partial charge in [0.15, 0.2) is 0 Å². The minimum Gasteiger partial charge on any atom is -0.347 e. The average molecular weight is 379 g/mol. The third-order valence-corrected chi connectivity index (χ3v) is 5.95. The molecule has 2 amide bonds. The maximum Gasteiger partial charge on any atom is 0.274 e. The summed E-state index contributed by atoms with van der Waals surface area (Å²) >= 11 is 1.77. The Bertz CT molecular complexity index is 961. The van der Waals surface area contributed by atoms with Gasteiger partial charge in [-0.3, -0.25) is 19.8 Å². The van der Waals surface area contributed by atoms with E-state index in [-0.39, 0.29) is 24.4 Å². The molecule has 0 bridgehead atoms. The molecule has 1 unspecified atom stereocenters. The summed E-state index contributed by atoms with van der Waals surface area (Å²) in [5, 5.41) is 4.64. The van der Waals surface area contributed by atoms with Crippen LogP contribution in [0, 0.1) is 0 Å². The zero-order valence-corrected chi connectivity index (χ0v) is 15.9. The van der Waals surface area contributed by atoms with Gasteiger partial charge in [0.25, 0.3) is 5.91 Å². The van der Waals surface area contributed by atoms with Gasteiger partial charge < -0.3 is 4.57 Å². The van der Waals surface area contributed by atoms with Gasteiger partial charge in [-0.2, -0.15) is 0 Å². The molecule has 0 fully saturated rings. The number of imide groups is 1. The van der Waals surface area contributed by atoms with Gasteiger partial charge in [0.2, 0.25) is 5.91 Å². The average Bonchev–Trinajstić information content (AvgIpc) is 3.30. The van der Waals surface area contributed by atoms with E-state index in [2.05, 4.69) is 33.8 Å². The van der Waals surface area contributed by atoms with Gasteiger partial charge in [-0.05, 0) is 41.1 Å². The first-order valence-electron chi connectivity index (χ1n) is 8.94. The number of thiophene rings is 1. The molecule has 1 aliphatic heterocycles. The summed E-state index contributed by atoms with van der Waals surface area (Å²) in [5.41, 5.74) is 2.90. The lowest BCUT2D eigenvalue weighted by molar-refractivity contribution is -0.121. The molecule has 1 aliphatic rings. The van der Waals surface area contributed by atoms with Crippen molar-refractivity contribution in [1.29, 1.82) is 0 Å². The Balaban J connectivity index is 1.53. The van der Waals surface area contributed by atoms with Crippen LogP contribution in [0.3, 0.4) is 0 Å². The third kappa shape index (κ3) is 3.59. The van der Waals surface area contributed by atoms with Crippen molar-refractivity contribution in [3.8, 4) is 0 Å². The molecule has 2 aromatic heterocycles. The van der Waals surface area contributed by atoms with Crippen LogP contribution in [-0.2, 0) is 18.3 Å². The molecule has 4 rings (SSSR count). The van der Waals surface area contributed by atoms with E-state index in [0.29, 0.717) is 5.69 Å². The molecule has 27 heavy (non-hydrogen) atoms. The molecule has 138 valence electrons. The maximum atomic E-state index is 12.6. The lowest BCUT2D eigenvalue weighted by atomic mass is 9.93. The number of benzene rings is 1. The lowest BCUT2D eigenvalue weighted by Crippen LogP contribution is -2.44. The van der Waals surface area contributed by atoms with Crippen LogP contribution in [0.15, 0.2) is 60.1 Å². The van der Waals surface area contributed by atoms with Crippen molar-refractivity contribution >= 4 is 23.2 Å². The summed E-state index contributed by atoms with van der Waals surface area (Å²) in [6.45, 7) is 0.976. The fourth-order valence-electron chi connectivity index (χ4n) is 3.68. The van der Waals surface area contributed by atoms with Crippen LogP contribution in [0.25, 0.3) is 0 Å². The Kier molecular flexibility index (Phi) is 4.92. The second-order valence-corrected chi connectivity index (χ2v) is 7.72. The molecule has 6 heteroatoms.